The number of piperazine rings is 1. The van der Waals surface area contributed by atoms with Crippen molar-refractivity contribution in [3.63, 3.8) is 0 Å². The number of nitrogens with zero attached hydrogens (tertiary/aromatic N) is 2. The molecule has 2 aromatic rings. The molecule has 0 radical (unpaired) electrons. The molecule has 1 aliphatic rings. The van der Waals surface area contributed by atoms with Crippen molar-refractivity contribution < 1.29 is 19.4 Å². The van der Waals surface area contributed by atoms with Crippen molar-refractivity contribution in [3.8, 4) is 11.5 Å². The molecule has 28 heavy (non-hydrogen) atoms. The lowest BCUT2D eigenvalue weighted by Gasteiger charge is -2.37. The second-order valence-electron chi connectivity index (χ2n) is 7.04. The van der Waals surface area contributed by atoms with E-state index in [1.54, 1.807) is 31.4 Å². The lowest BCUT2D eigenvalue weighted by atomic mass is 10.1. The number of rotatable bonds is 8. The fourth-order valence-corrected chi connectivity index (χ4v) is 3.34. The molecule has 1 fully saturated rings. The summed E-state index contributed by atoms with van der Waals surface area (Å²) < 4.78 is 11.0. The van der Waals surface area contributed by atoms with Crippen LogP contribution in [0.25, 0.3) is 0 Å². The van der Waals surface area contributed by atoms with Gasteiger partial charge in [0.1, 0.15) is 24.2 Å². The number of aliphatic hydroxyl groups excluding tert-OH is 1. The Hall–Kier alpha value is -2.57. The summed E-state index contributed by atoms with van der Waals surface area (Å²) in [5.74, 6) is 1.47. The molecule has 1 N–H and O–H groups in total. The Morgan fingerprint density at radius 1 is 1.07 bits per heavy atom. The molecule has 0 amide bonds. The molecule has 1 atom stereocenters. The number of ether oxygens (including phenoxy) is 2. The van der Waals surface area contributed by atoms with E-state index in [2.05, 4.69) is 15.9 Å². The lowest BCUT2D eigenvalue weighted by molar-refractivity contribution is 0.0663. The largest absolute Gasteiger partial charge is 0.497 e. The van der Waals surface area contributed by atoms with Crippen LogP contribution in [0.2, 0.25) is 0 Å². The zero-order valence-corrected chi connectivity index (χ0v) is 16.5. The van der Waals surface area contributed by atoms with Gasteiger partial charge in [0, 0.05) is 50.0 Å². The Morgan fingerprint density at radius 2 is 1.79 bits per heavy atom. The third-order valence-corrected chi connectivity index (χ3v) is 4.94. The molecule has 150 valence electrons. The average molecular weight is 384 g/mol. The molecule has 6 heteroatoms. The highest BCUT2D eigenvalue weighted by Crippen LogP contribution is 2.22. The summed E-state index contributed by atoms with van der Waals surface area (Å²) in [6.45, 7) is 5.87. The maximum absolute atomic E-state index is 11.4. The third kappa shape index (κ3) is 5.47. The normalized spacial score (nSPS) is 15.9. The minimum absolute atomic E-state index is 0.0000876. The number of anilines is 1. The minimum Gasteiger partial charge on any atom is -0.497 e. The maximum atomic E-state index is 11.4. The molecule has 0 bridgehead atoms. The van der Waals surface area contributed by atoms with Crippen molar-refractivity contribution in [3.05, 3.63) is 54.1 Å². The first-order valence-corrected chi connectivity index (χ1v) is 9.58. The van der Waals surface area contributed by atoms with Crippen molar-refractivity contribution in [2.75, 3.05) is 51.3 Å². The summed E-state index contributed by atoms with van der Waals surface area (Å²) in [6, 6.07) is 15.1. The second-order valence-corrected chi connectivity index (χ2v) is 7.04. The van der Waals surface area contributed by atoms with Gasteiger partial charge in [-0.3, -0.25) is 9.69 Å². The molecule has 2 aromatic carbocycles. The van der Waals surface area contributed by atoms with Gasteiger partial charge >= 0.3 is 0 Å². The first kappa shape index (κ1) is 20.2. The number of aliphatic hydroxyl groups is 1. The van der Waals surface area contributed by atoms with E-state index < -0.39 is 6.10 Å². The van der Waals surface area contributed by atoms with Crippen molar-refractivity contribution in [2.45, 2.75) is 13.0 Å². The van der Waals surface area contributed by atoms with Crippen LogP contribution >= 0.6 is 0 Å². The Kier molecular flexibility index (Phi) is 6.90. The molecule has 1 aliphatic heterocycles. The molecular weight excluding hydrogens is 356 g/mol. The smallest absolute Gasteiger partial charge is 0.159 e. The monoisotopic (exact) mass is 384 g/mol. The van der Waals surface area contributed by atoms with Crippen molar-refractivity contribution in [2.24, 2.45) is 0 Å². The van der Waals surface area contributed by atoms with E-state index in [4.69, 9.17) is 9.47 Å². The van der Waals surface area contributed by atoms with Crippen LogP contribution < -0.4 is 14.4 Å². The van der Waals surface area contributed by atoms with E-state index in [9.17, 15) is 9.90 Å². The predicted octanol–water partition coefficient (Wildman–Crippen LogP) is 2.46. The van der Waals surface area contributed by atoms with E-state index in [1.807, 2.05) is 18.2 Å². The van der Waals surface area contributed by atoms with Gasteiger partial charge < -0.3 is 19.5 Å². The quantitative estimate of drug-likeness (QED) is 0.706. The van der Waals surface area contributed by atoms with Crippen LogP contribution in [-0.2, 0) is 0 Å². The minimum atomic E-state index is -0.579. The van der Waals surface area contributed by atoms with E-state index >= 15 is 0 Å². The van der Waals surface area contributed by atoms with Crippen molar-refractivity contribution in [1.82, 2.24) is 4.90 Å². The van der Waals surface area contributed by atoms with Crippen molar-refractivity contribution >= 4 is 11.5 Å². The van der Waals surface area contributed by atoms with Gasteiger partial charge in [-0.25, -0.2) is 0 Å². The predicted molar refractivity (Wildman–Crippen MR) is 110 cm³/mol. The first-order chi connectivity index (χ1) is 13.5. The number of methoxy groups -OCH3 is 1. The summed E-state index contributed by atoms with van der Waals surface area (Å²) in [7, 11) is 1.68. The molecular formula is C22H28N2O4. The number of carbonyl (C=O) groups excluding carboxylic acids is 1. The topological polar surface area (TPSA) is 62.2 Å². The standard InChI is InChI=1S/C22H28N2O4/c1-17(25)18-5-3-8-22(13-18)28-16-20(26)15-23-9-11-24(12-10-23)19-6-4-7-21(14-19)27-2/h3-8,13-14,20,26H,9-12,15-16H2,1-2H3. The molecule has 0 spiro atoms. The Labute approximate surface area is 166 Å². The summed E-state index contributed by atoms with van der Waals surface area (Å²) >= 11 is 0. The summed E-state index contributed by atoms with van der Waals surface area (Å²) in [5, 5.41) is 10.3. The van der Waals surface area contributed by atoms with Crippen LogP contribution in [0.5, 0.6) is 11.5 Å². The first-order valence-electron chi connectivity index (χ1n) is 9.58. The van der Waals surface area contributed by atoms with Gasteiger partial charge in [0.05, 0.1) is 7.11 Å². The van der Waals surface area contributed by atoms with Gasteiger partial charge in [-0.1, -0.05) is 18.2 Å². The number of ketones is 1. The fraction of sp³-hybridized carbons (Fsp3) is 0.409. The molecule has 1 heterocycles. The zero-order chi connectivity index (χ0) is 19.9. The molecule has 0 saturated carbocycles. The van der Waals surface area contributed by atoms with Gasteiger partial charge in [-0.2, -0.15) is 0 Å². The molecule has 0 aromatic heterocycles. The Morgan fingerprint density at radius 3 is 2.50 bits per heavy atom. The van der Waals surface area contributed by atoms with Crippen LogP contribution in [0, 0.1) is 0 Å². The van der Waals surface area contributed by atoms with E-state index in [0.29, 0.717) is 17.9 Å². The Balaban J connectivity index is 1.44. The highest BCUT2D eigenvalue weighted by Gasteiger charge is 2.20. The average Bonchev–Trinajstić information content (AvgIpc) is 2.73. The lowest BCUT2D eigenvalue weighted by Crippen LogP contribution is -2.49. The SMILES string of the molecule is COc1cccc(N2CCN(CC(O)COc3cccc(C(C)=O)c3)CC2)c1. The number of β-amino-alcohol motifs (C(OH)–C–C–N with tert-alkyl or cyclic N) is 1. The van der Waals surface area contributed by atoms with Gasteiger partial charge in [0.25, 0.3) is 0 Å². The molecule has 1 saturated heterocycles. The van der Waals surface area contributed by atoms with E-state index in [0.717, 1.165) is 37.6 Å². The highest BCUT2D eigenvalue weighted by atomic mass is 16.5. The van der Waals surface area contributed by atoms with Crippen LogP contribution in [0.1, 0.15) is 17.3 Å². The van der Waals surface area contributed by atoms with Crippen molar-refractivity contribution in [1.29, 1.82) is 0 Å². The van der Waals surface area contributed by atoms with Crippen LogP contribution in [0.4, 0.5) is 5.69 Å². The summed E-state index contributed by atoms with van der Waals surface area (Å²) in [6.07, 6.45) is -0.579. The van der Waals surface area contributed by atoms with Crippen LogP contribution in [0.15, 0.2) is 48.5 Å². The summed E-state index contributed by atoms with van der Waals surface area (Å²) in [5.41, 5.74) is 1.77. The van der Waals surface area contributed by atoms with Gasteiger partial charge in [-0.05, 0) is 31.2 Å². The van der Waals surface area contributed by atoms with Crippen LogP contribution in [-0.4, -0.2) is 68.3 Å². The third-order valence-electron chi connectivity index (χ3n) is 4.94. The number of hydrogen-bond acceptors (Lipinski definition) is 6. The molecule has 6 nitrogen and oxygen atoms in total. The Bertz CT molecular complexity index is 788. The maximum Gasteiger partial charge on any atom is 0.159 e. The van der Waals surface area contributed by atoms with Gasteiger partial charge in [0.15, 0.2) is 5.78 Å². The number of hydrogen-bond donors (Lipinski definition) is 1. The summed E-state index contributed by atoms with van der Waals surface area (Å²) in [4.78, 5) is 16.0. The fourth-order valence-electron chi connectivity index (χ4n) is 3.34. The highest BCUT2D eigenvalue weighted by molar-refractivity contribution is 5.94. The molecule has 3 rings (SSSR count). The van der Waals surface area contributed by atoms with Gasteiger partial charge in [0.2, 0.25) is 0 Å². The van der Waals surface area contributed by atoms with E-state index in [1.165, 1.54) is 6.92 Å². The number of benzene rings is 2. The van der Waals surface area contributed by atoms with E-state index in [-0.39, 0.29) is 12.4 Å². The number of carbonyl (C=O) groups is 1. The number of Topliss-reactive ketones (excluding diaryl/α,β-unsaturated/α-hetero) is 1. The van der Waals surface area contributed by atoms with Crippen LogP contribution in [0.3, 0.4) is 0 Å². The zero-order valence-electron chi connectivity index (χ0n) is 16.5. The van der Waals surface area contributed by atoms with Gasteiger partial charge in [-0.15, -0.1) is 0 Å². The molecule has 0 aliphatic carbocycles. The second kappa shape index (κ2) is 9.57. The molecule has 1 unspecified atom stereocenters.